The van der Waals surface area contributed by atoms with Crippen molar-refractivity contribution in [3.8, 4) is 34.0 Å². The summed E-state index contributed by atoms with van der Waals surface area (Å²) < 4.78 is 19.6. The van der Waals surface area contributed by atoms with Crippen molar-refractivity contribution in [1.82, 2.24) is 0 Å². The van der Waals surface area contributed by atoms with Gasteiger partial charge in [0.1, 0.15) is 34.4 Å². The van der Waals surface area contributed by atoms with Crippen LogP contribution in [0.3, 0.4) is 0 Å². The quantitative estimate of drug-likeness (QED) is 0.141. The Kier molecular flexibility index (Phi) is 10.3. The summed E-state index contributed by atoms with van der Waals surface area (Å²) in [5, 5.41) is 3.40. The molecule has 9 aromatic carbocycles. The maximum Gasteiger partial charge on any atom is 0.252 e. The molecule has 12 aromatic rings. The zero-order valence-corrected chi connectivity index (χ0v) is 45.9. The van der Waals surface area contributed by atoms with Gasteiger partial charge in [0.2, 0.25) is 0 Å². The van der Waals surface area contributed by atoms with Crippen LogP contribution in [0.5, 0.6) is 0 Å². The second kappa shape index (κ2) is 17.9. The van der Waals surface area contributed by atoms with Crippen LogP contribution in [0, 0.1) is 5.92 Å². The number of hydrogen-bond acceptors (Lipinski definition) is 6. The Hall–Kier alpha value is -9.72. The van der Waals surface area contributed by atoms with Crippen molar-refractivity contribution in [2.24, 2.45) is 5.92 Å². The molecule has 0 N–H and O–H groups in total. The van der Waals surface area contributed by atoms with Crippen molar-refractivity contribution in [2.45, 2.75) is 51.4 Å². The Balaban J connectivity index is 0.872. The first kappa shape index (κ1) is 47.1. The highest BCUT2D eigenvalue weighted by atomic mass is 16.3. The molecule has 0 amide bonds. The van der Waals surface area contributed by atoms with Gasteiger partial charge in [-0.1, -0.05) is 130 Å². The van der Waals surface area contributed by atoms with E-state index in [-0.39, 0.29) is 12.1 Å². The van der Waals surface area contributed by atoms with E-state index >= 15 is 0 Å². The monoisotopic (exact) mass is 1060 g/mol. The van der Waals surface area contributed by atoms with Gasteiger partial charge in [0, 0.05) is 91.0 Å². The summed E-state index contributed by atoms with van der Waals surface area (Å²) in [4.78, 5) is 7.45. The topological polar surface area (TPSA) is 49.1 Å². The van der Waals surface area contributed by atoms with Crippen LogP contribution in [0.2, 0.25) is 0 Å². The summed E-state index contributed by atoms with van der Waals surface area (Å²) in [6.45, 7) is 6.81. The minimum Gasteiger partial charge on any atom is -0.460 e. The number of furan rings is 3. The third-order valence-electron chi connectivity index (χ3n) is 17.9. The van der Waals surface area contributed by atoms with Crippen LogP contribution in [0.15, 0.2) is 238 Å². The summed E-state index contributed by atoms with van der Waals surface area (Å²) >= 11 is 0. The lowest BCUT2D eigenvalue weighted by atomic mass is 9.33. The number of hydrogen-bond donors (Lipinski definition) is 0. The number of allylic oxidation sites excluding steroid dienone is 2. The van der Waals surface area contributed by atoms with Gasteiger partial charge in [-0.25, -0.2) is 0 Å². The second-order valence-electron chi connectivity index (χ2n) is 24.0. The van der Waals surface area contributed by atoms with E-state index in [0.29, 0.717) is 11.8 Å². The normalized spacial score (nSPS) is 16.2. The molecule has 3 aromatic heterocycles. The van der Waals surface area contributed by atoms with Gasteiger partial charge in [-0.3, -0.25) is 0 Å². The Bertz CT molecular complexity index is 4590. The van der Waals surface area contributed by atoms with Crippen LogP contribution in [0.25, 0.3) is 67.9 Å². The fourth-order valence-corrected chi connectivity index (χ4v) is 13.6. The van der Waals surface area contributed by atoms with Gasteiger partial charge in [0.05, 0.1) is 5.69 Å². The van der Waals surface area contributed by atoms with E-state index in [1.807, 2.05) is 12.1 Å². The smallest absolute Gasteiger partial charge is 0.252 e. The van der Waals surface area contributed by atoms with Gasteiger partial charge in [-0.05, 0) is 184 Å². The highest BCUT2D eigenvalue weighted by Gasteiger charge is 2.45. The third kappa shape index (κ3) is 7.56. The average Bonchev–Trinajstić information content (AvgIpc) is 2.74. The Morgan fingerprint density at radius 2 is 1.10 bits per heavy atom. The van der Waals surface area contributed by atoms with Crippen molar-refractivity contribution in [3.63, 3.8) is 0 Å². The molecular weight excluding hydrogens is 1000 g/mol. The summed E-state index contributed by atoms with van der Waals surface area (Å²) in [5.41, 5.74) is 21.3. The zero-order chi connectivity index (χ0) is 54.4. The Morgan fingerprint density at radius 1 is 0.488 bits per heavy atom. The second-order valence-corrected chi connectivity index (χ2v) is 24.0. The van der Waals surface area contributed by atoms with Gasteiger partial charge >= 0.3 is 0 Å². The lowest BCUT2D eigenvalue weighted by molar-refractivity contribution is 0.519. The Labute approximate surface area is 477 Å². The van der Waals surface area contributed by atoms with Crippen LogP contribution < -0.4 is 31.1 Å². The van der Waals surface area contributed by atoms with Crippen LogP contribution in [0.4, 0.5) is 51.2 Å². The molecule has 392 valence electrons. The number of aryl methyl sites for hydroxylation is 1. The molecule has 5 heterocycles. The minimum atomic E-state index is -0.0497. The molecule has 3 aliphatic carbocycles. The molecule has 0 spiro atoms. The molecule has 82 heavy (non-hydrogen) atoms. The van der Waals surface area contributed by atoms with E-state index in [2.05, 4.69) is 260 Å². The van der Waals surface area contributed by atoms with Crippen LogP contribution >= 0.6 is 0 Å². The zero-order valence-electron chi connectivity index (χ0n) is 45.9. The molecular formula is C75H56BN3O3. The van der Waals surface area contributed by atoms with E-state index in [9.17, 15) is 0 Å². The standard InChI is InChI=1S/C75H56BN3O3/c1-75(2,3)55-29-36-56(37-30-55)77(59-35-28-48-38-53(22-20-49(48)39-59)72-43-54-23-21-50-40-61(50)74(54)82-72)60-44-66-73-67(45-60)79(58-33-26-47(27-34-58)71-42-52-13-5-11-19-69(52)81-71)65-17-9-7-15-63(65)76(73)62-14-6-8-16-64(62)78(66)57-31-24-46(25-32-57)70-41-51-12-4-10-18-68(51)80-70/h4-10,12-18,20-39,41-45,50,61H,11,19,40H2,1-3H3/t50-,61?/m1/s1. The number of anilines is 9. The fraction of sp³-hybridized carbons (Fsp3) is 0.120. The van der Waals surface area contributed by atoms with Crippen molar-refractivity contribution in [1.29, 1.82) is 0 Å². The van der Waals surface area contributed by atoms with Gasteiger partial charge in [-0.2, -0.15) is 0 Å². The molecule has 1 fully saturated rings. The van der Waals surface area contributed by atoms with Crippen molar-refractivity contribution >= 4 is 108 Å². The summed E-state index contributed by atoms with van der Waals surface area (Å²) in [7, 11) is 0. The van der Waals surface area contributed by atoms with Gasteiger partial charge in [0.15, 0.2) is 0 Å². The van der Waals surface area contributed by atoms with Crippen molar-refractivity contribution in [3.05, 3.63) is 253 Å². The van der Waals surface area contributed by atoms with Crippen LogP contribution in [-0.2, 0) is 11.8 Å². The average molecular weight is 1060 g/mol. The number of para-hydroxylation sites is 3. The minimum absolute atomic E-state index is 0.0242. The maximum absolute atomic E-state index is 6.61. The number of benzene rings is 9. The molecule has 5 aliphatic rings. The van der Waals surface area contributed by atoms with E-state index in [1.165, 1.54) is 39.5 Å². The molecule has 1 unspecified atom stereocenters. The van der Waals surface area contributed by atoms with Crippen molar-refractivity contribution in [2.75, 3.05) is 14.7 Å². The molecule has 1 saturated carbocycles. The molecule has 0 radical (unpaired) electrons. The van der Waals surface area contributed by atoms with Crippen LogP contribution in [0.1, 0.15) is 67.7 Å². The molecule has 2 atom stereocenters. The van der Waals surface area contributed by atoms with E-state index in [1.54, 1.807) is 0 Å². The highest BCUT2D eigenvalue weighted by Crippen LogP contribution is 2.55. The SMILES string of the molecule is CC(C)(C)c1ccc(N(c2cc3c4c(c2)N(c2ccc(-c5cc6ccccc6o5)cc2)c2ccccc2B4c2ccccc2N3c2ccc(-c3cc4c(o3)CCC=C4)cc2)c2ccc3cc(-c4cc5c(o4)C4C[C@H]4C=C5)ccc3c2)cc1. The number of nitrogens with zero attached hydrogens (tertiary/aromatic N) is 3. The summed E-state index contributed by atoms with van der Waals surface area (Å²) in [6, 6.07) is 78.5. The largest absolute Gasteiger partial charge is 0.460 e. The first-order chi connectivity index (χ1) is 40.2. The lowest BCUT2D eigenvalue weighted by Crippen LogP contribution is -2.61. The number of fused-ring (bicyclic) bond motifs is 10. The predicted molar refractivity (Wildman–Crippen MR) is 339 cm³/mol. The van der Waals surface area contributed by atoms with E-state index < -0.39 is 0 Å². The van der Waals surface area contributed by atoms with E-state index in [4.69, 9.17) is 13.3 Å². The highest BCUT2D eigenvalue weighted by molar-refractivity contribution is 7.00. The van der Waals surface area contributed by atoms with Crippen LogP contribution in [-0.4, -0.2) is 6.71 Å². The first-order valence-electron chi connectivity index (χ1n) is 28.9. The molecule has 0 bridgehead atoms. The Morgan fingerprint density at radius 3 is 1.79 bits per heavy atom. The molecule has 17 rings (SSSR count). The first-order valence-corrected chi connectivity index (χ1v) is 28.9. The third-order valence-corrected chi connectivity index (χ3v) is 17.9. The number of rotatable bonds is 8. The molecule has 0 saturated heterocycles. The predicted octanol–water partition coefficient (Wildman–Crippen LogP) is 18.7. The molecule has 6 nitrogen and oxygen atoms in total. The van der Waals surface area contributed by atoms with E-state index in [0.717, 1.165) is 131 Å². The van der Waals surface area contributed by atoms with Gasteiger partial charge < -0.3 is 28.0 Å². The fourth-order valence-electron chi connectivity index (χ4n) is 13.6. The van der Waals surface area contributed by atoms with Gasteiger partial charge in [-0.15, -0.1) is 0 Å². The molecule has 7 heteroatoms. The molecule has 2 aliphatic heterocycles. The van der Waals surface area contributed by atoms with Gasteiger partial charge in [0.25, 0.3) is 6.71 Å². The maximum atomic E-state index is 6.61. The summed E-state index contributed by atoms with van der Waals surface area (Å²) in [6.07, 6.45) is 12.1. The van der Waals surface area contributed by atoms with Crippen molar-refractivity contribution < 1.29 is 13.3 Å². The lowest BCUT2D eigenvalue weighted by Gasteiger charge is -2.45. The summed E-state index contributed by atoms with van der Waals surface area (Å²) in [5.74, 6) is 6.04.